The smallest absolute Gasteiger partial charge is 0.410 e. The van der Waals surface area contributed by atoms with Crippen molar-refractivity contribution in [3.05, 3.63) is 23.5 Å². The quantitative estimate of drug-likeness (QED) is 0.911. The number of fused-ring (bicyclic) bond motifs is 1. The Hall–Kier alpha value is -2.71. The lowest BCUT2D eigenvalue weighted by molar-refractivity contribution is -0.00372. The van der Waals surface area contributed by atoms with Crippen molar-refractivity contribution in [2.24, 2.45) is 5.92 Å². The monoisotopic (exact) mass is 350 g/mol. The third-order valence-corrected chi connectivity index (χ3v) is 3.87. The van der Waals surface area contributed by atoms with Crippen molar-refractivity contribution in [2.75, 3.05) is 13.1 Å². The fraction of sp³-hybridized carbons (Fsp3) is 0.500. The molecule has 25 heavy (non-hydrogen) atoms. The van der Waals surface area contributed by atoms with Crippen molar-refractivity contribution in [3.8, 4) is 0 Å². The van der Waals surface area contributed by atoms with Crippen LogP contribution in [0.2, 0.25) is 0 Å². The molecule has 1 amide bonds. The molecule has 1 aliphatic heterocycles. The number of hydrogen-bond donors (Lipinski definition) is 1. The van der Waals surface area contributed by atoms with Crippen LogP contribution in [0.25, 0.3) is 11.0 Å². The molecule has 1 aromatic carbocycles. The zero-order valence-corrected chi connectivity index (χ0v) is 14.2. The van der Waals surface area contributed by atoms with Crippen LogP contribution in [0.5, 0.6) is 0 Å². The molecular formula is C16H19FN4O4. The average Bonchev–Trinajstić information content (AvgIpc) is 2.81. The molecule has 0 bridgehead atoms. The molecule has 134 valence electrons. The average molecular weight is 350 g/mol. The normalized spacial score (nSPS) is 15.3. The van der Waals surface area contributed by atoms with E-state index < -0.39 is 23.0 Å². The Morgan fingerprint density at radius 1 is 1.36 bits per heavy atom. The molecule has 8 nitrogen and oxygen atoms in total. The molecule has 1 N–H and O–H groups in total. The molecule has 2 heterocycles. The second-order valence-electron chi connectivity index (χ2n) is 7.15. The molecule has 0 saturated carbocycles. The van der Waals surface area contributed by atoms with Crippen LogP contribution >= 0.6 is 0 Å². The molecule has 1 aliphatic rings. The van der Waals surface area contributed by atoms with E-state index in [-0.39, 0.29) is 12.0 Å². The summed E-state index contributed by atoms with van der Waals surface area (Å²) >= 11 is 0. The van der Waals surface area contributed by atoms with Gasteiger partial charge in [-0.3, -0.25) is 0 Å². The first-order valence-corrected chi connectivity index (χ1v) is 7.88. The fourth-order valence-electron chi connectivity index (χ4n) is 2.69. The minimum Gasteiger partial charge on any atom is -0.478 e. The third kappa shape index (κ3) is 3.54. The summed E-state index contributed by atoms with van der Waals surface area (Å²) in [5.41, 5.74) is -0.219. The fourth-order valence-corrected chi connectivity index (χ4v) is 2.69. The van der Waals surface area contributed by atoms with Crippen LogP contribution in [0.1, 0.15) is 31.1 Å². The maximum absolute atomic E-state index is 13.9. The first-order valence-electron chi connectivity index (χ1n) is 7.88. The number of rotatable bonds is 3. The largest absolute Gasteiger partial charge is 0.478 e. The van der Waals surface area contributed by atoms with Gasteiger partial charge in [0.25, 0.3) is 0 Å². The molecule has 2 aromatic rings. The Kier molecular flexibility index (Phi) is 4.09. The summed E-state index contributed by atoms with van der Waals surface area (Å²) in [5, 5.41) is 16.8. The van der Waals surface area contributed by atoms with E-state index >= 15 is 0 Å². The number of carbonyl (C=O) groups is 2. The lowest BCUT2D eigenvalue weighted by Gasteiger charge is -2.39. The van der Waals surface area contributed by atoms with Gasteiger partial charge in [0.15, 0.2) is 0 Å². The van der Waals surface area contributed by atoms with Crippen molar-refractivity contribution in [2.45, 2.75) is 32.9 Å². The number of nitrogens with zero attached hydrogens (tertiary/aromatic N) is 4. The molecule has 3 rings (SSSR count). The highest BCUT2D eigenvalue weighted by Crippen LogP contribution is 2.23. The highest BCUT2D eigenvalue weighted by atomic mass is 19.1. The Morgan fingerprint density at radius 3 is 2.64 bits per heavy atom. The number of aromatic carboxylic acids is 1. The minimum absolute atomic E-state index is 0.152. The number of benzene rings is 1. The lowest BCUT2D eigenvalue weighted by Crippen LogP contribution is -2.52. The zero-order chi connectivity index (χ0) is 18.4. The van der Waals surface area contributed by atoms with Gasteiger partial charge >= 0.3 is 12.1 Å². The number of amides is 1. The van der Waals surface area contributed by atoms with Crippen LogP contribution in [-0.2, 0) is 11.3 Å². The van der Waals surface area contributed by atoms with Gasteiger partial charge in [0.2, 0.25) is 0 Å². The van der Waals surface area contributed by atoms with Crippen LogP contribution in [-0.4, -0.2) is 55.8 Å². The molecule has 0 spiro atoms. The number of halogens is 1. The summed E-state index contributed by atoms with van der Waals surface area (Å²) in [6, 6.07) is 2.30. The first kappa shape index (κ1) is 17.1. The number of aromatic nitrogens is 3. The SMILES string of the molecule is CC(C)(C)OC(=O)N1CC(Cn2nnc3cc(C(=O)O)c(F)cc32)C1. The predicted molar refractivity (Wildman–Crippen MR) is 85.7 cm³/mol. The minimum atomic E-state index is -1.35. The van der Waals surface area contributed by atoms with Gasteiger partial charge in [-0.15, -0.1) is 5.10 Å². The number of carboxylic acid groups (broad SMARTS) is 1. The van der Waals surface area contributed by atoms with Gasteiger partial charge in [0, 0.05) is 31.6 Å². The van der Waals surface area contributed by atoms with E-state index in [1.165, 1.54) is 10.7 Å². The molecule has 0 atom stereocenters. The molecule has 0 radical (unpaired) electrons. The Bertz CT molecular complexity index is 837. The highest BCUT2D eigenvalue weighted by Gasteiger charge is 2.34. The standard InChI is InChI=1S/C16H19FN4O4/c1-16(2,3)25-15(24)20-6-9(7-20)8-21-13-5-11(17)10(14(22)23)4-12(13)18-19-21/h4-5,9H,6-8H2,1-3H3,(H,22,23). The van der Waals surface area contributed by atoms with Crippen molar-refractivity contribution < 1.29 is 23.8 Å². The van der Waals surface area contributed by atoms with Crippen molar-refractivity contribution >= 4 is 23.1 Å². The van der Waals surface area contributed by atoms with Crippen LogP contribution in [0, 0.1) is 11.7 Å². The van der Waals surface area contributed by atoms with Crippen LogP contribution in [0.4, 0.5) is 9.18 Å². The van der Waals surface area contributed by atoms with Gasteiger partial charge in [0.1, 0.15) is 16.9 Å². The third-order valence-electron chi connectivity index (χ3n) is 3.87. The topological polar surface area (TPSA) is 97.5 Å². The Balaban J connectivity index is 1.66. The summed E-state index contributed by atoms with van der Waals surface area (Å²) in [5.74, 6) is -2.02. The van der Waals surface area contributed by atoms with E-state index in [4.69, 9.17) is 9.84 Å². The summed E-state index contributed by atoms with van der Waals surface area (Å²) in [6.07, 6.45) is -0.357. The van der Waals surface area contributed by atoms with Gasteiger partial charge in [-0.1, -0.05) is 5.21 Å². The van der Waals surface area contributed by atoms with Crippen molar-refractivity contribution in [1.82, 2.24) is 19.9 Å². The number of likely N-dealkylation sites (tertiary alicyclic amines) is 1. The van der Waals surface area contributed by atoms with Gasteiger partial charge in [-0.2, -0.15) is 0 Å². The molecule has 9 heteroatoms. The molecule has 0 unspecified atom stereocenters. The second-order valence-corrected chi connectivity index (χ2v) is 7.15. The molecule has 1 fully saturated rings. The van der Waals surface area contributed by atoms with E-state index in [1.54, 1.807) is 4.90 Å². The molecular weight excluding hydrogens is 331 g/mol. The van der Waals surface area contributed by atoms with E-state index in [1.807, 2.05) is 20.8 Å². The van der Waals surface area contributed by atoms with Gasteiger partial charge in [-0.05, 0) is 26.8 Å². The van der Waals surface area contributed by atoms with Crippen LogP contribution in [0.3, 0.4) is 0 Å². The van der Waals surface area contributed by atoms with E-state index in [2.05, 4.69) is 10.3 Å². The Labute approximate surface area is 143 Å². The number of hydrogen-bond acceptors (Lipinski definition) is 5. The van der Waals surface area contributed by atoms with Crippen molar-refractivity contribution in [1.29, 1.82) is 0 Å². The molecule has 1 saturated heterocycles. The van der Waals surface area contributed by atoms with Crippen molar-refractivity contribution in [3.63, 3.8) is 0 Å². The number of carboxylic acids is 1. The maximum Gasteiger partial charge on any atom is 0.410 e. The number of ether oxygens (including phenoxy) is 1. The molecule has 1 aromatic heterocycles. The van der Waals surface area contributed by atoms with Gasteiger partial charge < -0.3 is 14.7 Å². The summed E-state index contributed by atoms with van der Waals surface area (Å²) in [6.45, 7) is 6.93. The highest BCUT2D eigenvalue weighted by molar-refractivity contribution is 5.92. The predicted octanol–water partition coefficient (Wildman–Crippen LogP) is 2.14. The van der Waals surface area contributed by atoms with Crippen LogP contribution in [0.15, 0.2) is 12.1 Å². The Morgan fingerprint density at radius 2 is 2.04 bits per heavy atom. The van der Waals surface area contributed by atoms with Gasteiger partial charge in [0.05, 0.1) is 11.1 Å². The summed E-state index contributed by atoms with van der Waals surface area (Å²) < 4.78 is 20.7. The lowest BCUT2D eigenvalue weighted by atomic mass is 10.0. The van der Waals surface area contributed by atoms with Crippen LogP contribution < -0.4 is 0 Å². The summed E-state index contributed by atoms with van der Waals surface area (Å²) in [4.78, 5) is 24.5. The zero-order valence-electron chi connectivity index (χ0n) is 14.2. The number of carbonyl (C=O) groups excluding carboxylic acids is 1. The maximum atomic E-state index is 13.9. The molecule has 0 aliphatic carbocycles. The second kappa shape index (κ2) is 5.98. The van der Waals surface area contributed by atoms with E-state index in [0.717, 1.165) is 6.07 Å². The summed E-state index contributed by atoms with van der Waals surface area (Å²) in [7, 11) is 0. The van der Waals surface area contributed by atoms with E-state index in [0.29, 0.717) is 30.7 Å². The first-order chi connectivity index (χ1) is 11.6. The van der Waals surface area contributed by atoms with E-state index in [9.17, 15) is 14.0 Å². The van der Waals surface area contributed by atoms with Gasteiger partial charge in [-0.25, -0.2) is 18.7 Å².